The van der Waals surface area contributed by atoms with E-state index in [9.17, 15) is 15.3 Å². The normalized spacial score (nSPS) is 12.6. The number of hydrogen-bond donors (Lipinski definition) is 3. The molecule has 4 nitrogen and oxygen atoms in total. The van der Waals surface area contributed by atoms with Gasteiger partial charge in [-0.2, -0.15) is 0 Å². The number of hydrogen-bond acceptors (Lipinski definition) is 4. The Kier molecular flexibility index (Phi) is 5.38. The fourth-order valence-electron chi connectivity index (χ4n) is 5.67. The molecule has 1 aliphatic rings. The maximum Gasteiger partial charge on any atom is 0.132 e. The van der Waals surface area contributed by atoms with Gasteiger partial charge in [0.1, 0.15) is 28.7 Å². The number of aromatic hydroxyl groups is 3. The lowest BCUT2D eigenvalue weighted by molar-refractivity contribution is 0.455. The molecule has 0 radical (unpaired) electrons. The molecule has 0 bridgehead atoms. The maximum atomic E-state index is 10.6. The molecule has 0 aromatic heterocycles. The van der Waals surface area contributed by atoms with Gasteiger partial charge in [0, 0.05) is 28.2 Å². The summed E-state index contributed by atoms with van der Waals surface area (Å²) in [4.78, 5) is 0. The highest BCUT2D eigenvalue weighted by molar-refractivity contribution is 5.98. The van der Waals surface area contributed by atoms with Crippen molar-refractivity contribution in [3.05, 3.63) is 126 Å². The first-order valence-electron chi connectivity index (χ1n) is 12.2. The van der Waals surface area contributed by atoms with Gasteiger partial charge >= 0.3 is 0 Å². The lowest BCUT2D eigenvalue weighted by Gasteiger charge is -2.32. The van der Waals surface area contributed by atoms with Crippen LogP contribution in [0.1, 0.15) is 33.7 Å². The van der Waals surface area contributed by atoms with Crippen LogP contribution in [0.3, 0.4) is 0 Å². The number of fused-ring (bicyclic) bond motifs is 6. The van der Waals surface area contributed by atoms with Crippen LogP contribution in [0.25, 0.3) is 21.5 Å². The molecule has 3 N–H and O–H groups in total. The first kappa shape index (κ1) is 22.7. The van der Waals surface area contributed by atoms with Gasteiger partial charge in [-0.15, -0.1) is 13.2 Å². The molecule has 6 rings (SSSR count). The smallest absolute Gasteiger partial charge is 0.132 e. The molecule has 0 saturated carbocycles. The van der Waals surface area contributed by atoms with Crippen LogP contribution in [0.5, 0.6) is 28.7 Å². The maximum absolute atomic E-state index is 10.6. The molecule has 0 spiro atoms. The number of allylic oxidation sites excluding steroid dienone is 2. The van der Waals surface area contributed by atoms with Crippen LogP contribution in [-0.4, -0.2) is 15.3 Å². The van der Waals surface area contributed by atoms with Crippen molar-refractivity contribution >= 4 is 21.5 Å². The van der Waals surface area contributed by atoms with E-state index in [-0.39, 0.29) is 23.2 Å². The Labute approximate surface area is 215 Å². The Hall–Kier alpha value is -4.70. The summed E-state index contributed by atoms with van der Waals surface area (Å²) < 4.78 is 6.51. The molecular weight excluding hydrogens is 460 g/mol. The Balaban J connectivity index is 1.73. The van der Waals surface area contributed by atoms with Crippen LogP contribution >= 0.6 is 0 Å². The van der Waals surface area contributed by atoms with E-state index in [0.717, 1.165) is 60.9 Å². The molecule has 0 fully saturated rings. The average Bonchev–Trinajstić information content (AvgIpc) is 2.90. The van der Waals surface area contributed by atoms with Gasteiger partial charge in [0.25, 0.3) is 0 Å². The molecule has 5 aromatic carbocycles. The highest BCUT2D eigenvalue weighted by Gasteiger charge is 2.33. The van der Waals surface area contributed by atoms with Gasteiger partial charge in [-0.25, -0.2) is 0 Å². The second kappa shape index (κ2) is 8.75. The van der Waals surface area contributed by atoms with E-state index >= 15 is 0 Å². The van der Waals surface area contributed by atoms with Gasteiger partial charge in [0.2, 0.25) is 0 Å². The summed E-state index contributed by atoms with van der Waals surface area (Å²) in [6.45, 7) is 7.74. The van der Waals surface area contributed by atoms with Crippen LogP contribution in [-0.2, 0) is 12.8 Å². The highest BCUT2D eigenvalue weighted by atomic mass is 16.5. The van der Waals surface area contributed by atoms with Crippen molar-refractivity contribution in [3.63, 3.8) is 0 Å². The summed E-state index contributed by atoms with van der Waals surface area (Å²) in [5.74, 6) is 1.95. The first-order chi connectivity index (χ1) is 18.0. The van der Waals surface area contributed by atoms with E-state index in [1.807, 2.05) is 48.5 Å². The first-order valence-corrected chi connectivity index (χ1v) is 12.2. The van der Waals surface area contributed by atoms with Crippen molar-refractivity contribution in [2.45, 2.75) is 18.8 Å². The summed E-state index contributed by atoms with van der Waals surface area (Å²) in [5.41, 5.74) is 4.63. The summed E-state index contributed by atoms with van der Waals surface area (Å²) in [6.07, 6.45) is 4.66. The summed E-state index contributed by atoms with van der Waals surface area (Å²) in [6, 6.07) is 22.5. The van der Waals surface area contributed by atoms with E-state index in [4.69, 9.17) is 4.74 Å². The number of rotatable bonds is 5. The molecule has 0 amide bonds. The molecule has 0 atom stereocenters. The molecule has 1 heterocycles. The zero-order chi connectivity index (χ0) is 25.7. The topological polar surface area (TPSA) is 69.9 Å². The largest absolute Gasteiger partial charge is 0.508 e. The second-order valence-corrected chi connectivity index (χ2v) is 9.38. The van der Waals surface area contributed by atoms with E-state index in [2.05, 4.69) is 13.2 Å². The minimum absolute atomic E-state index is 0.198. The Morgan fingerprint density at radius 2 is 1.05 bits per heavy atom. The van der Waals surface area contributed by atoms with Gasteiger partial charge in [0.05, 0.1) is 0 Å². The van der Waals surface area contributed by atoms with E-state index in [0.29, 0.717) is 12.8 Å². The van der Waals surface area contributed by atoms with Gasteiger partial charge in [0.15, 0.2) is 0 Å². The number of benzene rings is 5. The molecule has 0 unspecified atom stereocenters. The second-order valence-electron chi connectivity index (χ2n) is 9.38. The molecule has 182 valence electrons. The molecule has 4 heteroatoms. The minimum atomic E-state index is -0.214. The quantitative estimate of drug-likeness (QED) is 0.217. The van der Waals surface area contributed by atoms with E-state index in [1.54, 1.807) is 36.4 Å². The van der Waals surface area contributed by atoms with Crippen molar-refractivity contribution in [1.29, 1.82) is 0 Å². The monoisotopic (exact) mass is 486 g/mol. The van der Waals surface area contributed by atoms with Gasteiger partial charge < -0.3 is 20.1 Å². The zero-order valence-electron chi connectivity index (χ0n) is 20.2. The lowest BCUT2D eigenvalue weighted by Crippen LogP contribution is -2.13. The molecule has 0 saturated heterocycles. The molecule has 5 aromatic rings. The van der Waals surface area contributed by atoms with Gasteiger partial charge in [-0.3, -0.25) is 0 Å². The molecular formula is C33H26O4. The molecule has 0 aliphatic carbocycles. The number of phenols is 3. The minimum Gasteiger partial charge on any atom is -0.508 e. The third-order valence-electron chi connectivity index (χ3n) is 7.30. The van der Waals surface area contributed by atoms with Crippen LogP contribution in [0.2, 0.25) is 0 Å². The number of ether oxygens (including phenoxy) is 1. The number of phenolic OH excluding ortho intramolecular Hbond substituents is 3. The highest BCUT2D eigenvalue weighted by Crippen LogP contribution is 2.53. The third kappa shape index (κ3) is 3.53. The van der Waals surface area contributed by atoms with Crippen molar-refractivity contribution in [1.82, 2.24) is 0 Å². The van der Waals surface area contributed by atoms with Crippen LogP contribution in [0, 0.1) is 0 Å². The van der Waals surface area contributed by atoms with Gasteiger partial charge in [-0.05, 0) is 76.3 Å². The van der Waals surface area contributed by atoms with Crippen molar-refractivity contribution in [2.24, 2.45) is 0 Å². The SMILES string of the molecule is C=CCc1c(O)ccc2c3c(ccc12)Oc1ccc2c(CC=C)c(O)ccc2c1C3c1ccc(O)cc1. The third-order valence-corrected chi connectivity index (χ3v) is 7.30. The predicted molar refractivity (Wildman–Crippen MR) is 148 cm³/mol. The van der Waals surface area contributed by atoms with Crippen molar-refractivity contribution in [3.8, 4) is 28.7 Å². The van der Waals surface area contributed by atoms with Crippen LogP contribution in [0.15, 0.2) is 98.1 Å². The zero-order valence-corrected chi connectivity index (χ0v) is 20.2. The van der Waals surface area contributed by atoms with Gasteiger partial charge in [-0.1, -0.05) is 48.6 Å². The fourth-order valence-corrected chi connectivity index (χ4v) is 5.67. The standard InChI is InChI=1S/C33H26O4/c1-3-5-23-21-13-17-29-32(25(21)11-15-27(23)35)31(19-7-9-20(34)10-8-19)33-26-12-16-28(36)24(6-4-2)22(26)14-18-30(33)37-29/h3-4,7-18,31,34-36H,1-2,5-6H2. The Morgan fingerprint density at radius 1 is 0.595 bits per heavy atom. The lowest BCUT2D eigenvalue weighted by atomic mass is 9.77. The Morgan fingerprint density at radius 3 is 1.51 bits per heavy atom. The summed E-state index contributed by atoms with van der Waals surface area (Å²) in [7, 11) is 0. The summed E-state index contributed by atoms with van der Waals surface area (Å²) in [5, 5.41) is 35.1. The van der Waals surface area contributed by atoms with Crippen LogP contribution < -0.4 is 4.74 Å². The average molecular weight is 487 g/mol. The van der Waals surface area contributed by atoms with E-state index < -0.39 is 0 Å². The molecule has 1 aliphatic heterocycles. The van der Waals surface area contributed by atoms with Crippen LogP contribution in [0.4, 0.5) is 0 Å². The van der Waals surface area contributed by atoms with Crippen molar-refractivity contribution < 1.29 is 20.1 Å². The predicted octanol–water partition coefficient (Wildman–Crippen LogP) is 7.85. The van der Waals surface area contributed by atoms with Crippen molar-refractivity contribution in [2.75, 3.05) is 0 Å². The summed E-state index contributed by atoms with van der Waals surface area (Å²) >= 11 is 0. The Bertz CT molecular complexity index is 1610. The fraction of sp³-hybridized carbons (Fsp3) is 0.0909. The van der Waals surface area contributed by atoms with E-state index in [1.165, 1.54) is 0 Å². The molecule has 37 heavy (non-hydrogen) atoms.